The van der Waals surface area contributed by atoms with E-state index in [-0.39, 0.29) is 5.91 Å². The van der Waals surface area contributed by atoms with Crippen molar-refractivity contribution < 1.29 is 19.0 Å². The number of carbonyl (C=O) groups is 1. The third-order valence-corrected chi connectivity index (χ3v) is 5.14. The SMILES string of the molecule is CCOC(C)(C(=O)Nc1ccc(OCCN2CCOCC2)cc1)C1CC1. The van der Waals surface area contributed by atoms with Gasteiger partial charge in [-0.25, -0.2) is 0 Å². The van der Waals surface area contributed by atoms with Gasteiger partial charge in [-0.3, -0.25) is 9.69 Å². The minimum absolute atomic E-state index is 0.0668. The van der Waals surface area contributed by atoms with E-state index in [1.165, 1.54) is 0 Å². The van der Waals surface area contributed by atoms with E-state index in [2.05, 4.69) is 10.2 Å². The molecule has 1 aliphatic heterocycles. The summed E-state index contributed by atoms with van der Waals surface area (Å²) < 4.78 is 16.9. The zero-order valence-electron chi connectivity index (χ0n) is 15.8. The van der Waals surface area contributed by atoms with Gasteiger partial charge < -0.3 is 19.5 Å². The number of hydrogen-bond acceptors (Lipinski definition) is 5. The van der Waals surface area contributed by atoms with E-state index < -0.39 is 5.60 Å². The zero-order valence-corrected chi connectivity index (χ0v) is 15.8. The van der Waals surface area contributed by atoms with Crippen LogP contribution in [0.4, 0.5) is 5.69 Å². The van der Waals surface area contributed by atoms with Crippen molar-refractivity contribution in [2.75, 3.05) is 51.4 Å². The van der Waals surface area contributed by atoms with Gasteiger partial charge in [0.25, 0.3) is 5.91 Å². The molecule has 1 aliphatic carbocycles. The molecule has 2 aliphatic rings. The molecule has 1 aromatic carbocycles. The minimum Gasteiger partial charge on any atom is -0.492 e. The first-order valence-electron chi connectivity index (χ1n) is 9.60. The predicted molar refractivity (Wildman–Crippen MR) is 101 cm³/mol. The fourth-order valence-corrected chi connectivity index (χ4v) is 3.31. The number of carbonyl (C=O) groups excluding carboxylic acids is 1. The van der Waals surface area contributed by atoms with E-state index in [1.54, 1.807) is 0 Å². The van der Waals surface area contributed by atoms with Gasteiger partial charge in [0.1, 0.15) is 18.0 Å². The highest BCUT2D eigenvalue weighted by Crippen LogP contribution is 2.42. The Kier molecular flexibility index (Phi) is 6.51. The van der Waals surface area contributed by atoms with Crippen LogP contribution < -0.4 is 10.1 Å². The van der Waals surface area contributed by atoms with Crippen molar-refractivity contribution in [1.29, 1.82) is 0 Å². The summed E-state index contributed by atoms with van der Waals surface area (Å²) in [5.74, 6) is 1.07. The first-order chi connectivity index (χ1) is 12.6. The second kappa shape index (κ2) is 8.84. The Labute approximate surface area is 155 Å². The lowest BCUT2D eigenvalue weighted by Crippen LogP contribution is -2.44. The molecule has 1 heterocycles. The lowest BCUT2D eigenvalue weighted by Gasteiger charge is -2.28. The molecule has 0 bridgehead atoms. The van der Waals surface area contributed by atoms with Gasteiger partial charge in [-0.15, -0.1) is 0 Å². The van der Waals surface area contributed by atoms with Crippen LogP contribution in [0, 0.1) is 5.92 Å². The van der Waals surface area contributed by atoms with Gasteiger partial charge >= 0.3 is 0 Å². The van der Waals surface area contributed by atoms with Gasteiger partial charge in [0.15, 0.2) is 0 Å². The third-order valence-electron chi connectivity index (χ3n) is 5.14. The average Bonchev–Trinajstić information content (AvgIpc) is 3.50. The van der Waals surface area contributed by atoms with E-state index in [0.717, 1.165) is 57.1 Å². The Balaban J connectivity index is 1.47. The van der Waals surface area contributed by atoms with E-state index in [0.29, 0.717) is 19.1 Å². The molecular formula is C20H30N2O4. The Morgan fingerprint density at radius 2 is 1.96 bits per heavy atom. The number of rotatable bonds is 9. The van der Waals surface area contributed by atoms with Crippen molar-refractivity contribution in [3.63, 3.8) is 0 Å². The fourth-order valence-electron chi connectivity index (χ4n) is 3.31. The van der Waals surface area contributed by atoms with Gasteiger partial charge in [0.05, 0.1) is 13.2 Å². The quantitative estimate of drug-likeness (QED) is 0.732. The number of nitrogens with one attached hydrogen (secondary N) is 1. The number of amides is 1. The fraction of sp³-hybridized carbons (Fsp3) is 0.650. The summed E-state index contributed by atoms with van der Waals surface area (Å²) in [6, 6.07) is 7.54. The maximum absolute atomic E-state index is 12.7. The van der Waals surface area contributed by atoms with Crippen molar-refractivity contribution in [2.45, 2.75) is 32.3 Å². The predicted octanol–water partition coefficient (Wildman–Crippen LogP) is 2.54. The summed E-state index contributed by atoms with van der Waals surface area (Å²) in [4.78, 5) is 15.0. The van der Waals surface area contributed by atoms with Crippen molar-refractivity contribution in [3.8, 4) is 5.75 Å². The third kappa shape index (κ3) is 4.96. The van der Waals surface area contributed by atoms with Crippen LogP contribution >= 0.6 is 0 Å². The molecule has 1 amide bonds. The molecule has 3 rings (SSSR count). The maximum atomic E-state index is 12.7. The second-order valence-corrected chi connectivity index (χ2v) is 7.10. The van der Waals surface area contributed by atoms with Crippen LogP contribution in [0.25, 0.3) is 0 Å². The first-order valence-corrected chi connectivity index (χ1v) is 9.60. The Hall–Kier alpha value is -1.63. The van der Waals surface area contributed by atoms with Gasteiger partial charge in [0.2, 0.25) is 0 Å². The lowest BCUT2D eigenvalue weighted by molar-refractivity contribution is -0.141. The van der Waals surface area contributed by atoms with Crippen molar-refractivity contribution in [3.05, 3.63) is 24.3 Å². The number of morpholine rings is 1. The normalized spacial score (nSPS) is 20.4. The van der Waals surface area contributed by atoms with Crippen LogP contribution in [-0.4, -0.2) is 62.5 Å². The van der Waals surface area contributed by atoms with Crippen LogP contribution in [0.15, 0.2) is 24.3 Å². The van der Waals surface area contributed by atoms with Crippen molar-refractivity contribution >= 4 is 11.6 Å². The molecule has 1 unspecified atom stereocenters. The number of ether oxygens (including phenoxy) is 3. The molecular weight excluding hydrogens is 332 g/mol. The molecule has 1 saturated carbocycles. The van der Waals surface area contributed by atoms with Crippen molar-refractivity contribution in [1.82, 2.24) is 4.90 Å². The number of nitrogens with zero attached hydrogens (tertiary/aromatic N) is 1. The van der Waals surface area contributed by atoms with Crippen LogP contribution in [0.2, 0.25) is 0 Å². The summed E-state index contributed by atoms with van der Waals surface area (Å²) in [7, 11) is 0. The Morgan fingerprint density at radius 1 is 1.27 bits per heavy atom. The summed E-state index contributed by atoms with van der Waals surface area (Å²) in [5.41, 5.74) is 0.0318. The molecule has 26 heavy (non-hydrogen) atoms. The largest absolute Gasteiger partial charge is 0.492 e. The molecule has 2 fully saturated rings. The van der Waals surface area contributed by atoms with Gasteiger partial charge in [0, 0.05) is 31.9 Å². The van der Waals surface area contributed by atoms with E-state index in [9.17, 15) is 4.79 Å². The van der Waals surface area contributed by atoms with Crippen LogP contribution in [0.3, 0.4) is 0 Å². The summed E-state index contributed by atoms with van der Waals surface area (Å²) in [6.45, 7) is 9.44. The monoisotopic (exact) mass is 362 g/mol. The summed E-state index contributed by atoms with van der Waals surface area (Å²) in [5, 5.41) is 2.98. The van der Waals surface area contributed by atoms with E-state index in [4.69, 9.17) is 14.2 Å². The van der Waals surface area contributed by atoms with Gasteiger partial charge in [-0.05, 0) is 56.9 Å². The van der Waals surface area contributed by atoms with Gasteiger partial charge in [-0.2, -0.15) is 0 Å². The zero-order chi connectivity index (χ0) is 18.4. The number of anilines is 1. The molecule has 1 aromatic rings. The molecule has 1 N–H and O–H groups in total. The number of hydrogen-bond donors (Lipinski definition) is 1. The second-order valence-electron chi connectivity index (χ2n) is 7.10. The smallest absolute Gasteiger partial charge is 0.256 e. The average molecular weight is 362 g/mol. The van der Waals surface area contributed by atoms with Crippen molar-refractivity contribution in [2.24, 2.45) is 5.92 Å². The highest BCUT2D eigenvalue weighted by Gasteiger charge is 2.48. The lowest BCUT2D eigenvalue weighted by atomic mass is 9.99. The highest BCUT2D eigenvalue weighted by atomic mass is 16.5. The topological polar surface area (TPSA) is 60.0 Å². The van der Waals surface area contributed by atoms with Crippen LogP contribution in [0.1, 0.15) is 26.7 Å². The summed E-state index contributed by atoms with van der Waals surface area (Å²) >= 11 is 0. The van der Waals surface area contributed by atoms with Gasteiger partial charge in [-0.1, -0.05) is 0 Å². The molecule has 1 atom stereocenters. The molecule has 6 nitrogen and oxygen atoms in total. The molecule has 144 valence electrons. The molecule has 6 heteroatoms. The number of benzene rings is 1. The Morgan fingerprint density at radius 3 is 2.58 bits per heavy atom. The molecule has 0 aromatic heterocycles. The minimum atomic E-state index is -0.734. The van der Waals surface area contributed by atoms with E-state index in [1.807, 2.05) is 38.1 Å². The van der Waals surface area contributed by atoms with E-state index >= 15 is 0 Å². The maximum Gasteiger partial charge on any atom is 0.256 e. The molecule has 0 spiro atoms. The molecule has 1 saturated heterocycles. The first kappa shape index (κ1) is 19.1. The summed E-state index contributed by atoms with van der Waals surface area (Å²) in [6.07, 6.45) is 2.11. The van der Waals surface area contributed by atoms with Crippen LogP contribution in [0.5, 0.6) is 5.75 Å². The Bertz CT molecular complexity index is 582. The highest BCUT2D eigenvalue weighted by molar-refractivity contribution is 5.97. The molecule has 0 radical (unpaired) electrons. The standard InChI is InChI=1S/C20H30N2O4/c1-3-26-20(2,16-4-5-16)19(23)21-17-6-8-18(9-7-17)25-15-12-22-10-13-24-14-11-22/h6-9,16H,3-5,10-15H2,1-2H3,(H,21,23). The van der Waals surface area contributed by atoms with Crippen LogP contribution in [-0.2, 0) is 14.3 Å².